The molecule has 0 bridgehead atoms. The van der Waals surface area contributed by atoms with E-state index < -0.39 is 15.6 Å². The predicted octanol–water partition coefficient (Wildman–Crippen LogP) is -0.226. The fourth-order valence-electron chi connectivity index (χ4n) is 0.843. The first kappa shape index (κ1) is 12.4. The minimum absolute atomic E-state index is 0.0431. The molecule has 0 atom stereocenters. The van der Waals surface area contributed by atoms with Gasteiger partial charge in [-0.1, -0.05) is 11.3 Å². The first-order chi connectivity index (χ1) is 6.77. The number of rotatable bonds is 4. The SMILES string of the molecule is CC(C)(CO)NS(=O)(=O)c1cnc(N)s1. The highest BCUT2D eigenvalue weighted by Gasteiger charge is 2.26. The predicted molar refractivity (Wildman–Crippen MR) is 58.0 cm³/mol. The van der Waals surface area contributed by atoms with Crippen molar-refractivity contribution in [1.29, 1.82) is 0 Å². The van der Waals surface area contributed by atoms with E-state index in [-0.39, 0.29) is 15.9 Å². The Balaban J connectivity index is 2.95. The van der Waals surface area contributed by atoms with Crippen molar-refractivity contribution in [3.05, 3.63) is 6.20 Å². The lowest BCUT2D eigenvalue weighted by Gasteiger charge is -2.22. The molecule has 0 saturated heterocycles. The first-order valence-electron chi connectivity index (χ1n) is 4.13. The number of hydrogen-bond acceptors (Lipinski definition) is 6. The number of thiazole rings is 1. The van der Waals surface area contributed by atoms with Crippen molar-refractivity contribution in [3.8, 4) is 0 Å². The number of nitrogens with two attached hydrogens (primary N) is 1. The van der Waals surface area contributed by atoms with Crippen LogP contribution in [0.25, 0.3) is 0 Å². The number of aromatic nitrogens is 1. The molecular formula is C7H13N3O3S2. The lowest BCUT2D eigenvalue weighted by atomic mass is 10.1. The summed E-state index contributed by atoms with van der Waals surface area (Å²) in [6.07, 6.45) is 1.19. The molecule has 0 amide bonds. The van der Waals surface area contributed by atoms with E-state index in [0.29, 0.717) is 0 Å². The minimum atomic E-state index is -3.64. The van der Waals surface area contributed by atoms with Crippen LogP contribution in [-0.4, -0.2) is 30.7 Å². The van der Waals surface area contributed by atoms with Gasteiger partial charge >= 0.3 is 0 Å². The van der Waals surface area contributed by atoms with E-state index in [4.69, 9.17) is 10.8 Å². The number of nitrogen functional groups attached to an aromatic ring is 1. The molecule has 0 fully saturated rings. The molecule has 1 aromatic heterocycles. The van der Waals surface area contributed by atoms with E-state index >= 15 is 0 Å². The average molecular weight is 251 g/mol. The van der Waals surface area contributed by atoms with Crippen LogP contribution in [0.3, 0.4) is 0 Å². The summed E-state index contributed by atoms with van der Waals surface area (Å²) in [5.74, 6) is 0. The number of anilines is 1. The van der Waals surface area contributed by atoms with Crippen LogP contribution in [0.5, 0.6) is 0 Å². The van der Waals surface area contributed by atoms with Gasteiger partial charge in [0, 0.05) is 0 Å². The van der Waals surface area contributed by atoms with Gasteiger partial charge in [0.1, 0.15) is 0 Å². The fourth-order valence-corrected chi connectivity index (χ4v) is 3.16. The number of nitrogens with zero attached hydrogens (tertiary/aromatic N) is 1. The Labute approximate surface area is 92.2 Å². The van der Waals surface area contributed by atoms with Crippen LogP contribution < -0.4 is 10.5 Å². The molecule has 1 heterocycles. The summed E-state index contributed by atoms with van der Waals surface area (Å²) in [4.78, 5) is 3.65. The number of aliphatic hydroxyl groups is 1. The maximum absolute atomic E-state index is 11.7. The van der Waals surface area contributed by atoms with Crippen molar-refractivity contribution in [3.63, 3.8) is 0 Å². The molecule has 4 N–H and O–H groups in total. The molecule has 0 saturated carbocycles. The summed E-state index contributed by atoms with van der Waals surface area (Å²) >= 11 is 0.880. The molecule has 1 rings (SSSR count). The van der Waals surface area contributed by atoms with E-state index in [1.165, 1.54) is 6.20 Å². The summed E-state index contributed by atoms with van der Waals surface area (Å²) in [7, 11) is -3.64. The second kappa shape index (κ2) is 4.05. The Bertz CT molecular complexity index is 438. The average Bonchev–Trinajstić information content (AvgIpc) is 2.51. The van der Waals surface area contributed by atoms with Gasteiger partial charge in [0.2, 0.25) is 0 Å². The minimum Gasteiger partial charge on any atom is -0.394 e. The van der Waals surface area contributed by atoms with Crippen LogP contribution in [0, 0.1) is 0 Å². The monoisotopic (exact) mass is 251 g/mol. The van der Waals surface area contributed by atoms with Gasteiger partial charge in [-0.05, 0) is 13.8 Å². The van der Waals surface area contributed by atoms with Crippen molar-refractivity contribution in [2.45, 2.75) is 23.6 Å². The Hall–Kier alpha value is -0.700. The third-order valence-electron chi connectivity index (χ3n) is 1.57. The van der Waals surface area contributed by atoms with Crippen LogP contribution in [0.4, 0.5) is 5.13 Å². The molecule has 86 valence electrons. The van der Waals surface area contributed by atoms with E-state index in [1.807, 2.05) is 0 Å². The fraction of sp³-hybridized carbons (Fsp3) is 0.571. The normalized spacial score (nSPS) is 13.0. The van der Waals surface area contributed by atoms with Crippen LogP contribution in [0.15, 0.2) is 10.4 Å². The van der Waals surface area contributed by atoms with Crippen molar-refractivity contribution < 1.29 is 13.5 Å². The van der Waals surface area contributed by atoms with Gasteiger partial charge < -0.3 is 10.8 Å². The summed E-state index contributed by atoms with van der Waals surface area (Å²) in [6, 6.07) is 0. The van der Waals surface area contributed by atoms with E-state index in [1.54, 1.807) is 13.8 Å². The van der Waals surface area contributed by atoms with Gasteiger partial charge in [0.05, 0.1) is 18.3 Å². The lowest BCUT2D eigenvalue weighted by Crippen LogP contribution is -2.45. The van der Waals surface area contributed by atoms with Crippen LogP contribution >= 0.6 is 11.3 Å². The Morgan fingerprint density at radius 1 is 1.67 bits per heavy atom. The molecule has 0 spiro atoms. The summed E-state index contributed by atoms with van der Waals surface area (Å²) < 4.78 is 25.8. The Morgan fingerprint density at radius 2 is 2.27 bits per heavy atom. The highest BCUT2D eigenvalue weighted by molar-refractivity contribution is 7.91. The third-order valence-corrected chi connectivity index (χ3v) is 4.56. The molecule has 0 aliphatic heterocycles. The van der Waals surface area contributed by atoms with Gasteiger partial charge in [-0.3, -0.25) is 0 Å². The zero-order valence-corrected chi connectivity index (χ0v) is 10.0. The summed E-state index contributed by atoms with van der Waals surface area (Å²) in [5.41, 5.74) is 4.43. The molecule has 1 aromatic rings. The quantitative estimate of drug-likeness (QED) is 0.685. The van der Waals surface area contributed by atoms with Gasteiger partial charge in [-0.15, -0.1) is 0 Å². The zero-order chi connectivity index (χ0) is 11.7. The number of hydrogen-bond donors (Lipinski definition) is 3. The number of sulfonamides is 1. The Morgan fingerprint density at radius 3 is 2.67 bits per heavy atom. The molecule has 6 nitrogen and oxygen atoms in total. The van der Waals surface area contributed by atoms with Crippen molar-refractivity contribution in [1.82, 2.24) is 9.71 Å². The molecule has 0 unspecified atom stereocenters. The van der Waals surface area contributed by atoms with E-state index in [2.05, 4.69) is 9.71 Å². The molecule has 0 aliphatic rings. The molecule has 0 aromatic carbocycles. The number of aliphatic hydroxyl groups excluding tert-OH is 1. The second-order valence-electron chi connectivity index (χ2n) is 3.67. The van der Waals surface area contributed by atoms with Crippen molar-refractivity contribution in [2.75, 3.05) is 12.3 Å². The van der Waals surface area contributed by atoms with Crippen molar-refractivity contribution >= 4 is 26.5 Å². The van der Waals surface area contributed by atoms with E-state index in [0.717, 1.165) is 11.3 Å². The van der Waals surface area contributed by atoms with Crippen molar-refractivity contribution in [2.24, 2.45) is 0 Å². The lowest BCUT2D eigenvalue weighted by molar-refractivity contribution is 0.208. The topological polar surface area (TPSA) is 105 Å². The summed E-state index contributed by atoms with van der Waals surface area (Å²) in [6.45, 7) is 2.87. The zero-order valence-electron chi connectivity index (χ0n) is 8.39. The maximum Gasteiger partial charge on any atom is 0.252 e. The van der Waals surface area contributed by atoms with Crippen LogP contribution in [0.2, 0.25) is 0 Å². The third kappa shape index (κ3) is 3.13. The van der Waals surface area contributed by atoms with Gasteiger partial charge in [0.15, 0.2) is 9.34 Å². The molecule has 8 heteroatoms. The number of nitrogens with one attached hydrogen (secondary N) is 1. The van der Waals surface area contributed by atoms with E-state index in [9.17, 15) is 8.42 Å². The molecular weight excluding hydrogens is 238 g/mol. The van der Waals surface area contributed by atoms with Crippen LogP contribution in [0.1, 0.15) is 13.8 Å². The Kier molecular flexibility index (Phi) is 3.34. The second-order valence-corrected chi connectivity index (χ2v) is 6.64. The van der Waals surface area contributed by atoms with Crippen LogP contribution in [-0.2, 0) is 10.0 Å². The highest BCUT2D eigenvalue weighted by atomic mass is 32.2. The standard InChI is InChI=1S/C7H13N3O3S2/c1-7(2,4-11)10-15(12,13)5-3-9-6(8)14-5/h3,10-11H,4H2,1-2H3,(H2,8,9). The molecule has 15 heavy (non-hydrogen) atoms. The molecule has 0 radical (unpaired) electrons. The van der Waals surface area contributed by atoms with Gasteiger partial charge in [-0.2, -0.15) is 0 Å². The first-order valence-corrected chi connectivity index (χ1v) is 6.43. The maximum atomic E-state index is 11.7. The van der Waals surface area contributed by atoms with Gasteiger partial charge in [-0.25, -0.2) is 18.1 Å². The largest absolute Gasteiger partial charge is 0.394 e. The van der Waals surface area contributed by atoms with Gasteiger partial charge in [0.25, 0.3) is 10.0 Å². The summed E-state index contributed by atoms with van der Waals surface area (Å²) in [5, 5.41) is 9.14. The highest BCUT2D eigenvalue weighted by Crippen LogP contribution is 2.21. The molecule has 0 aliphatic carbocycles. The smallest absolute Gasteiger partial charge is 0.252 e.